The maximum Gasteiger partial charge on any atom is 0.123 e. The monoisotopic (exact) mass is 279 g/mol. The smallest absolute Gasteiger partial charge is 0.123 e. The average molecular weight is 279 g/mol. The minimum atomic E-state index is -0.171. The summed E-state index contributed by atoms with van der Waals surface area (Å²) in [6.07, 6.45) is 2.81. The van der Waals surface area contributed by atoms with Crippen molar-refractivity contribution in [1.82, 2.24) is 4.90 Å². The third kappa shape index (κ3) is 3.49. The molecule has 1 aromatic rings. The molecule has 1 fully saturated rings. The Bertz CT molecular complexity index is 447. The van der Waals surface area contributed by atoms with Gasteiger partial charge in [-0.3, -0.25) is 0 Å². The first-order chi connectivity index (χ1) is 9.51. The molecule has 1 aliphatic rings. The minimum absolute atomic E-state index is 0.0998. The van der Waals surface area contributed by atoms with Crippen LogP contribution in [0.3, 0.4) is 0 Å². The third-order valence-corrected chi connectivity index (χ3v) is 4.28. The highest BCUT2D eigenvalue weighted by Crippen LogP contribution is 2.27. The highest BCUT2D eigenvalue weighted by molar-refractivity contribution is 5.55. The van der Waals surface area contributed by atoms with Gasteiger partial charge < -0.3 is 15.5 Å². The van der Waals surface area contributed by atoms with Crippen molar-refractivity contribution in [3.05, 3.63) is 29.6 Å². The van der Waals surface area contributed by atoms with Crippen molar-refractivity contribution in [2.75, 3.05) is 32.1 Å². The second kappa shape index (κ2) is 6.55. The lowest BCUT2D eigenvalue weighted by Crippen LogP contribution is -2.32. The highest BCUT2D eigenvalue weighted by atomic mass is 19.1. The van der Waals surface area contributed by atoms with Crippen LogP contribution in [-0.4, -0.2) is 44.2 Å². The van der Waals surface area contributed by atoms with Gasteiger partial charge in [0.1, 0.15) is 5.82 Å². The lowest BCUT2D eigenvalue weighted by atomic mass is 10.0. The Morgan fingerprint density at radius 1 is 1.45 bits per heavy atom. The van der Waals surface area contributed by atoms with E-state index in [-0.39, 0.29) is 11.9 Å². The molecule has 4 heteroatoms. The van der Waals surface area contributed by atoms with Crippen LogP contribution < -0.4 is 10.6 Å². The molecule has 0 bridgehead atoms. The number of anilines is 1. The van der Waals surface area contributed by atoms with E-state index in [1.807, 2.05) is 6.07 Å². The van der Waals surface area contributed by atoms with E-state index in [9.17, 15) is 4.39 Å². The van der Waals surface area contributed by atoms with Gasteiger partial charge in [-0.15, -0.1) is 0 Å². The van der Waals surface area contributed by atoms with Crippen LogP contribution in [0.4, 0.5) is 10.1 Å². The van der Waals surface area contributed by atoms with Crippen LogP contribution in [0, 0.1) is 5.82 Å². The number of nitrogens with two attached hydrogens (primary N) is 1. The van der Waals surface area contributed by atoms with E-state index in [0.717, 1.165) is 43.6 Å². The molecule has 2 atom stereocenters. The molecule has 2 unspecified atom stereocenters. The molecule has 112 valence electrons. The van der Waals surface area contributed by atoms with Crippen molar-refractivity contribution in [1.29, 1.82) is 0 Å². The number of benzene rings is 1. The molecule has 3 nitrogen and oxygen atoms in total. The van der Waals surface area contributed by atoms with Gasteiger partial charge in [0.05, 0.1) is 0 Å². The fourth-order valence-corrected chi connectivity index (χ4v) is 2.84. The Hall–Kier alpha value is -1.13. The van der Waals surface area contributed by atoms with Crippen LogP contribution >= 0.6 is 0 Å². The molecule has 0 amide bonds. The summed E-state index contributed by atoms with van der Waals surface area (Å²) in [7, 11) is 4.24. The summed E-state index contributed by atoms with van der Waals surface area (Å²) in [5.41, 5.74) is 8.24. The largest absolute Gasteiger partial charge is 0.370 e. The standard InChI is InChI=1S/C16H26FN3/c1-4-14(18)10-12-9-13(17)5-6-16(12)20-8-7-15(11-20)19(2)3/h5-6,9,14-15H,4,7-8,10-11,18H2,1-3H3. The summed E-state index contributed by atoms with van der Waals surface area (Å²) in [6.45, 7) is 4.11. The fraction of sp³-hybridized carbons (Fsp3) is 0.625. The molecular formula is C16H26FN3. The first-order valence-electron chi connectivity index (χ1n) is 7.46. The zero-order chi connectivity index (χ0) is 14.7. The number of rotatable bonds is 5. The van der Waals surface area contributed by atoms with Crippen LogP contribution in [0.2, 0.25) is 0 Å². The van der Waals surface area contributed by atoms with Gasteiger partial charge in [0.25, 0.3) is 0 Å². The Labute approximate surface area is 121 Å². The number of nitrogens with zero attached hydrogens (tertiary/aromatic N) is 2. The lowest BCUT2D eigenvalue weighted by molar-refractivity contribution is 0.315. The number of halogens is 1. The van der Waals surface area contributed by atoms with Crippen LogP contribution in [0.5, 0.6) is 0 Å². The van der Waals surface area contributed by atoms with Crippen LogP contribution in [0.25, 0.3) is 0 Å². The normalized spacial score (nSPS) is 20.7. The SMILES string of the molecule is CCC(N)Cc1cc(F)ccc1N1CCC(N(C)C)C1. The number of likely N-dealkylation sites (N-methyl/N-ethyl adjacent to an activating group) is 1. The van der Waals surface area contributed by atoms with Crippen molar-refractivity contribution in [2.24, 2.45) is 5.73 Å². The van der Waals surface area contributed by atoms with Gasteiger partial charge in [0.2, 0.25) is 0 Å². The van der Waals surface area contributed by atoms with Crippen LogP contribution in [0.15, 0.2) is 18.2 Å². The Kier molecular flexibility index (Phi) is 5.00. The summed E-state index contributed by atoms with van der Waals surface area (Å²) in [4.78, 5) is 4.63. The van der Waals surface area contributed by atoms with E-state index in [2.05, 4.69) is 30.8 Å². The van der Waals surface area contributed by atoms with Crippen molar-refractivity contribution in [3.63, 3.8) is 0 Å². The van der Waals surface area contributed by atoms with E-state index in [4.69, 9.17) is 5.73 Å². The van der Waals surface area contributed by atoms with E-state index < -0.39 is 0 Å². The summed E-state index contributed by atoms with van der Waals surface area (Å²) >= 11 is 0. The molecule has 0 radical (unpaired) electrons. The minimum Gasteiger partial charge on any atom is -0.370 e. The lowest BCUT2D eigenvalue weighted by Gasteiger charge is -2.25. The van der Waals surface area contributed by atoms with Crippen molar-refractivity contribution >= 4 is 5.69 Å². The average Bonchev–Trinajstić information content (AvgIpc) is 2.88. The van der Waals surface area contributed by atoms with Gasteiger partial charge in [0, 0.05) is 30.9 Å². The summed E-state index contributed by atoms with van der Waals surface area (Å²) in [5, 5.41) is 0. The molecule has 2 N–H and O–H groups in total. The summed E-state index contributed by atoms with van der Waals surface area (Å²) in [6, 6.07) is 5.79. The van der Waals surface area contributed by atoms with E-state index in [0.29, 0.717) is 6.04 Å². The highest BCUT2D eigenvalue weighted by Gasteiger charge is 2.25. The molecule has 0 spiro atoms. The Morgan fingerprint density at radius 3 is 2.80 bits per heavy atom. The van der Waals surface area contributed by atoms with Crippen LogP contribution in [0.1, 0.15) is 25.3 Å². The Balaban J connectivity index is 2.19. The summed E-state index contributed by atoms with van der Waals surface area (Å²) in [5.74, 6) is -0.171. The predicted octanol–water partition coefficient (Wildman–Crippen LogP) is 2.25. The van der Waals surface area contributed by atoms with Gasteiger partial charge in [-0.05, 0) is 57.1 Å². The van der Waals surface area contributed by atoms with Crippen molar-refractivity contribution < 1.29 is 4.39 Å². The molecule has 0 saturated carbocycles. The third-order valence-electron chi connectivity index (χ3n) is 4.28. The van der Waals surface area contributed by atoms with Gasteiger partial charge in [-0.2, -0.15) is 0 Å². The molecular weight excluding hydrogens is 253 g/mol. The van der Waals surface area contributed by atoms with E-state index >= 15 is 0 Å². The first-order valence-corrected chi connectivity index (χ1v) is 7.46. The second-order valence-corrected chi connectivity index (χ2v) is 6.00. The molecule has 0 aromatic heterocycles. The maximum atomic E-state index is 13.5. The van der Waals surface area contributed by atoms with E-state index in [1.54, 1.807) is 12.1 Å². The van der Waals surface area contributed by atoms with Crippen LogP contribution in [-0.2, 0) is 6.42 Å². The zero-order valence-corrected chi connectivity index (χ0v) is 12.8. The molecule has 1 heterocycles. The molecule has 20 heavy (non-hydrogen) atoms. The van der Waals surface area contributed by atoms with Gasteiger partial charge in [-0.25, -0.2) is 4.39 Å². The quantitative estimate of drug-likeness (QED) is 0.897. The number of hydrogen-bond donors (Lipinski definition) is 1. The van der Waals surface area contributed by atoms with Gasteiger partial charge >= 0.3 is 0 Å². The maximum absolute atomic E-state index is 13.5. The van der Waals surface area contributed by atoms with Crippen molar-refractivity contribution in [2.45, 2.75) is 38.3 Å². The predicted molar refractivity (Wildman–Crippen MR) is 82.7 cm³/mol. The van der Waals surface area contributed by atoms with Crippen molar-refractivity contribution in [3.8, 4) is 0 Å². The second-order valence-electron chi connectivity index (χ2n) is 6.00. The molecule has 1 saturated heterocycles. The zero-order valence-electron chi connectivity index (χ0n) is 12.8. The molecule has 0 aliphatic carbocycles. The first kappa shape index (κ1) is 15.3. The fourth-order valence-electron chi connectivity index (χ4n) is 2.84. The van der Waals surface area contributed by atoms with Gasteiger partial charge in [-0.1, -0.05) is 6.92 Å². The topological polar surface area (TPSA) is 32.5 Å². The van der Waals surface area contributed by atoms with E-state index in [1.165, 1.54) is 0 Å². The number of hydrogen-bond acceptors (Lipinski definition) is 3. The molecule has 2 rings (SSSR count). The summed E-state index contributed by atoms with van der Waals surface area (Å²) < 4.78 is 13.5. The van der Waals surface area contributed by atoms with Gasteiger partial charge in [0.15, 0.2) is 0 Å². The Morgan fingerprint density at radius 2 is 2.20 bits per heavy atom. The molecule has 1 aliphatic heterocycles. The molecule has 1 aromatic carbocycles.